The summed E-state index contributed by atoms with van der Waals surface area (Å²) >= 11 is 0. The van der Waals surface area contributed by atoms with Crippen molar-refractivity contribution in [3.63, 3.8) is 0 Å². The highest BCUT2D eigenvalue weighted by atomic mass is 16.2. The van der Waals surface area contributed by atoms with Crippen LogP contribution in [0.2, 0.25) is 0 Å². The molecule has 4 aromatic rings. The molecule has 0 fully saturated rings. The fourth-order valence-electron chi connectivity index (χ4n) is 3.51. The summed E-state index contributed by atoms with van der Waals surface area (Å²) in [6.07, 6.45) is 3.45. The first-order valence-corrected chi connectivity index (χ1v) is 9.23. The van der Waals surface area contributed by atoms with Crippen LogP contribution in [0, 0.1) is 6.92 Å². The van der Waals surface area contributed by atoms with Crippen molar-refractivity contribution in [2.75, 3.05) is 11.1 Å². The van der Waals surface area contributed by atoms with Gasteiger partial charge in [-0.15, -0.1) is 0 Å². The molecule has 2 heterocycles. The summed E-state index contributed by atoms with van der Waals surface area (Å²) < 4.78 is 1.93. The minimum atomic E-state index is -0.730. The van der Waals surface area contributed by atoms with Crippen LogP contribution in [0.3, 0.4) is 0 Å². The molecular weight excluding hydrogens is 364 g/mol. The fourth-order valence-corrected chi connectivity index (χ4v) is 3.51. The van der Waals surface area contributed by atoms with Gasteiger partial charge in [-0.2, -0.15) is 0 Å². The molecule has 1 amide bonds. The van der Waals surface area contributed by atoms with E-state index in [0.717, 1.165) is 33.3 Å². The summed E-state index contributed by atoms with van der Waals surface area (Å²) in [5, 5.41) is 3.72. The standard InChI is InChI=1S/C22H22N6O/c1-13-10-15(27-22(29)19(23)14-6-4-3-5-7-14)8-9-16(13)17-11-28(2)21-18(17)20(24)25-12-26-21/h3-12,19H,23H2,1-2H3,(H,27,29)(H2,24,25,26)/t19-/m0/s1. The third-order valence-electron chi connectivity index (χ3n) is 5.01. The van der Waals surface area contributed by atoms with Crippen molar-refractivity contribution < 1.29 is 4.79 Å². The molecule has 1 atom stereocenters. The predicted molar refractivity (Wildman–Crippen MR) is 115 cm³/mol. The first-order valence-electron chi connectivity index (χ1n) is 9.23. The van der Waals surface area contributed by atoms with Crippen LogP contribution in [0.15, 0.2) is 61.1 Å². The first kappa shape index (κ1) is 18.6. The van der Waals surface area contributed by atoms with Gasteiger partial charge in [-0.05, 0) is 35.7 Å². The van der Waals surface area contributed by atoms with Crippen molar-refractivity contribution in [1.82, 2.24) is 14.5 Å². The van der Waals surface area contributed by atoms with Crippen molar-refractivity contribution >= 4 is 28.4 Å². The number of hydrogen-bond donors (Lipinski definition) is 3. The van der Waals surface area contributed by atoms with Crippen LogP contribution in [0.5, 0.6) is 0 Å². The van der Waals surface area contributed by atoms with E-state index in [4.69, 9.17) is 11.5 Å². The molecule has 0 aliphatic heterocycles. The number of carbonyl (C=O) groups is 1. The van der Waals surface area contributed by atoms with Crippen LogP contribution in [-0.4, -0.2) is 20.4 Å². The molecule has 7 heteroatoms. The number of hydrogen-bond acceptors (Lipinski definition) is 5. The molecule has 2 aromatic heterocycles. The van der Waals surface area contributed by atoms with E-state index in [1.165, 1.54) is 6.33 Å². The number of amides is 1. The van der Waals surface area contributed by atoms with E-state index in [-0.39, 0.29) is 5.91 Å². The summed E-state index contributed by atoms with van der Waals surface area (Å²) in [6, 6.07) is 14.3. The Morgan fingerprint density at radius 3 is 2.59 bits per heavy atom. The van der Waals surface area contributed by atoms with Crippen molar-refractivity contribution in [2.24, 2.45) is 12.8 Å². The quantitative estimate of drug-likeness (QED) is 0.499. The lowest BCUT2D eigenvalue weighted by Crippen LogP contribution is -2.27. The van der Waals surface area contributed by atoms with Gasteiger partial charge >= 0.3 is 0 Å². The third kappa shape index (κ3) is 3.43. The number of aryl methyl sites for hydroxylation is 2. The van der Waals surface area contributed by atoms with Crippen LogP contribution in [-0.2, 0) is 11.8 Å². The van der Waals surface area contributed by atoms with E-state index in [1.807, 2.05) is 73.3 Å². The smallest absolute Gasteiger partial charge is 0.245 e. The van der Waals surface area contributed by atoms with Crippen LogP contribution in [0.4, 0.5) is 11.5 Å². The van der Waals surface area contributed by atoms with Crippen molar-refractivity contribution in [2.45, 2.75) is 13.0 Å². The average molecular weight is 386 g/mol. The lowest BCUT2D eigenvalue weighted by molar-refractivity contribution is -0.117. The topological polar surface area (TPSA) is 112 Å². The van der Waals surface area contributed by atoms with E-state index in [9.17, 15) is 4.79 Å². The molecule has 0 spiro atoms. The zero-order valence-electron chi connectivity index (χ0n) is 16.3. The van der Waals surface area contributed by atoms with Gasteiger partial charge < -0.3 is 21.4 Å². The molecule has 0 saturated carbocycles. The summed E-state index contributed by atoms with van der Waals surface area (Å²) in [4.78, 5) is 21.0. The van der Waals surface area contributed by atoms with Crippen LogP contribution >= 0.6 is 0 Å². The van der Waals surface area contributed by atoms with E-state index in [1.54, 1.807) is 0 Å². The van der Waals surface area contributed by atoms with Crippen LogP contribution in [0.1, 0.15) is 17.2 Å². The Bertz CT molecular complexity index is 1200. The third-order valence-corrected chi connectivity index (χ3v) is 5.01. The maximum atomic E-state index is 12.5. The van der Waals surface area contributed by atoms with Gasteiger partial charge in [0.2, 0.25) is 5.91 Å². The van der Waals surface area contributed by atoms with Gasteiger partial charge in [-0.25, -0.2) is 9.97 Å². The van der Waals surface area contributed by atoms with Gasteiger partial charge in [0, 0.05) is 24.5 Å². The number of nitrogens with two attached hydrogens (primary N) is 2. The van der Waals surface area contributed by atoms with Crippen LogP contribution < -0.4 is 16.8 Å². The minimum absolute atomic E-state index is 0.258. The van der Waals surface area contributed by atoms with Gasteiger partial charge in [0.05, 0.1) is 5.39 Å². The van der Waals surface area contributed by atoms with Gasteiger partial charge in [-0.1, -0.05) is 36.4 Å². The number of aromatic nitrogens is 3. The Hall–Kier alpha value is -3.71. The molecule has 4 rings (SSSR count). The first-order chi connectivity index (χ1) is 14.0. The fraction of sp³-hybridized carbons (Fsp3) is 0.136. The number of nitrogens with one attached hydrogen (secondary N) is 1. The number of nitrogens with zero attached hydrogens (tertiary/aromatic N) is 3. The largest absolute Gasteiger partial charge is 0.383 e. The molecule has 0 aliphatic rings. The number of rotatable bonds is 4. The van der Waals surface area contributed by atoms with E-state index < -0.39 is 6.04 Å². The number of carbonyl (C=O) groups excluding carboxylic acids is 1. The molecule has 29 heavy (non-hydrogen) atoms. The summed E-state index contributed by atoms with van der Waals surface area (Å²) in [5.74, 6) is 0.183. The molecule has 0 bridgehead atoms. The van der Waals surface area contributed by atoms with Crippen molar-refractivity contribution in [1.29, 1.82) is 0 Å². The average Bonchev–Trinajstić information content (AvgIpc) is 3.06. The highest BCUT2D eigenvalue weighted by molar-refractivity contribution is 6.02. The van der Waals surface area contributed by atoms with Gasteiger partial charge in [0.25, 0.3) is 0 Å². The van der Waals surface area contributed by atoms with E-state index in [0.29, 0.717) is 11.5 Å². The number of benzene rings is 2. The zero-order chi connectivity index (χ0) is 20.5. The molecule has 0 unspecified atom stereocenters. The second kappa shape index (κ2) is 7.37. The zero-order valence-corrected chi connectivity index (χ0v) is 16.3. The summed E-state index contributed by atoms with van der Waals surface area (Å²) in [6.45, 7) is 1.99. The molecule has 2 aromatic carbocycles. The predicted octanol–water partition coefficient (Wildman–Crippen LogP) is 3.16. The van der Waals surface area contributed by atoms with Crippen molar-refractivity contribution in [3.05, 3.63) is 72.2 Å². The molecule has 7 nitrogen and oxygen atoms in total. The Labute approximate surface area is 168 Å². The Morgan fingerprint density at radius 1 is 1.10 bits per heavy atom. The number of fused-ring (bicyclic) bond motifs is 1. The molecule has 0 aliphatic carbocycles. The van der Waals surface area contributed by atoms with Gasteiger partial charge in [-0.3, -0.25) is 4.79 Å². The second-order valence-electron chi connectivity index (χ2n) is 7.02. The Kier molecular flexibility index (Phi) is 4.74. The van der Waals surface area contributed by atoms with E-state index in [2.05, 4.69) is 15.3 Å². The van der Waals surface area contributed by atoms with E-state index >= 15 is 0 Å². The molecule has 5 N–H and O–H groups in total. The van der Waals surface area contributed by atoms with Gasteiger partial charge in [0.1, 0.15) is 23.8 Å². The SMILES string of the molecule is Cc1cc(NC(=O)[C@@H](N)c2ccccc2)ccc1-c1cn(C)c2ncnc(N)c12. The Morgan fingerprint density at radius 2 is 1.86 bits per heavy atom. The normalized spacial score (nSPS) is 12.1. The monoisotopic (exact) mass is 386 g/mol. The summed E-state index contributed by atoms with van der Waals surface area (Å²) in [7, 11) is 1.92. The van der Waals surface area contributed by atoms with Crippen LogP contribution in [0.25, 0.3) is 22.2 Å². The van der Waals surface area contributed by atoms with Gasteiger partial charge in [0.15, 0.2) is 0 Å². The molecular formula is C22H22N6O. The maximum Gasteiger partial charge on any atom is 0.245 e. The lowest BCUT2D eigenvalue weighted by Gasteiger charge is -2.14. The molecule has 0 radical (unpaired) electrons. The highest BCUT2D eigenvalue weighted by Gasteiger charge is 2.18. The minimum Gasteiger partial charge on any atom is -0.383 e. The maximum absolute atomic E-state index is 12.5. The Balaban J connectivity index is 1.63. The number of nitrogen functional groups attached to an aromatic ring is 1. The highest BCUT2D eigenvalue weighted by Crippen LogP contribution is 2.34. The lowest BCUT2D eigenvalue weighted by atomic mass is 10.00. The second-order valence-corrected chi connectivity index (χ2v) is 7.02. The van der Waals surface area contributed by atoms with Crippen molar-refractivity contribution in [3.8, 4) is 11.1 Å². The molecule has 146 valence electrons. The molecule has 0 saturated heterocycles. The number of anilines is 2. The summed E-state index contributed by atoms with van der Waals surface area (Å²) in [5.41, 5.74) is 17.4.